The SMILES string of the molecule is O=C(COc1ccccc1)N1CCN(S(=O)(=O)c2cc(Cl)ccc2Cl)CC1. The Morgan fingerprint density at radius 3 is 2.33 bits per heavy atom. The lowest BCUT2D eigenvalue weighted by Gasteiger charge is -2.34. The minimum Gasteiger partial charge on any atom is -0.484 e. The van der Waals surface area contributed by atoms with Crippen molar-refractivity contribution in [3.8, 4) is 5.75 Å². The van der Waals surface area contributed by atoms with Crippen LogP contribution in [0.3, 0.4) is 0 Å². The highest BCUT2D eigenvalue weighted by Crippen LogP contribution is 2.28. The highest BCUT2D eigenvalue weighted by Gasteiger charge is 2.31. The Kier molecular flexibility index (Phi) is 6.26. The van der Waals surface area contributed by atoms with E-state index in [9.17, 15) is 13.2 Å². The molecule has 0 aromatic heterocycles. The predicted molar refractivity (Wildman–Crippen MR) is 104 cm³/mol. The van der Waals surface area contributed by atoms with Crippen LogP contribution in [0, 0.1) is 0 Å². The molecule has 1 fully saturated rings. The molecule has 3 rings (SSSR count). The molecular formula is C18H18Cl2N2O4S. The van der Waals surface area contributed by atoms with Crippen LogP contribution in [0.25, 0.3) is 0 Å². The van der Waals surface area contributed by atoms with Gasteiger partial charge in [0.25, 0.3) is 5.91 Å². The van der Waals surface area contributed by atoms with E-state index in [0.717, 1.165) is 0 Å². The Balaban J connectivity index is 1.59. The fourth-order valence-electron chi connectivity index (χ4n) is 2.74. The minimum atomic E-state index is -3.77. The third-order valence-corrected chi connectivity index (χ3v) is 6.82. The van der Waals surface area contributed by atoms with Crippen LogP contribution in [0.15, 0.2) is 53.4 Å². The first kappa shape index (κ1) is 19.9. The second kappa shape index (κ2) is 8.48. The first-order chi connectivity index (χ1) is 12.9. The summed E-state index contributed by atoms with van der Waals surface area (Å²) in [4.78, 5) is 13.9. The van der Waals surface area contributed by atoms with Crippen molar-refractivity contribution in [2.24, 2.45) is 0 Å². The number of benzene rings is 2. The van der Waals surface area contributed by atoms with Gasteiger partial charge in [0.05, 0.1) is 5.02 Å². The molecule has 1 amide bonds. The molecule has 0 bridgehead atoms. The van der Waals surface area contributed by atoms with Gasteiger partial charge in [0.15, 0.2) is 6.61 Å². The van der Waals surface area contributed by atoms with Crippen molar-refractivity contribution < 1.29 is 17.9 Å². The number of piperazine rings is 1. The van der Waals surface area contributed by atoms with Gasteiger partial charge in [-0.05, 0) is 30.3 Å². The van der Waals surface area contributed by atoms with Gasteiger partial charge in [0.2, 0.25) is 10.0 Å². The zero-order valence-electron chi connectivity index (χ0n) is 14.3. The van der Waals surface area contributed by atoms with Crippen LogP contribution in [0.4, 0.5) is 0 Å². The van der Waals surface area contributed by atoms with Crippen molar-refractivity contribution in [1.82, 2.24) is 9.21 Å². The van der Waals surface area contributed by atoms with E-state index in [1.807, 2.05) is 18.2 Å². The smallest absolute Gasteiger partial charge is 0.260 e. The van der Waals surface area contributed by atoms with Gasteiger partial charge in [-0.25, -0.2) is 8.42 Å². The standard InChI is InChI=1S/C18H18Cl2N2O4S/c19-14-6-7-16(20)17(12-14)27(24,25)22-10-8-21(9-11-22)18(23)13-26-15-4-2-1-3-5-15/h1-7,12H,8-11,13H2. The van der Waals surface area contributed by atoms with Gasteiger partial charge in [-0.3, -0.25) is 4.79 Å². The molecule has 0 spiro atoms. The second-order valence-corrected chi connectivity index (χ2v) is 8.71. The van der Waals surface area contributed by atoms with E-state index in [1.165, 1.54) is 22.5 Å². The van der Waals surface area contributed by atoms with Crippen LogP contribution in [0.5, 0.6) is 5.75 Å². The first-order valence-corrected chi connectivity index (χ1v) is 10.5. The van der Waals surface area contributed by atoms with Gasteiger partial charge in [0, 0.05) is 31.2 Å². The Morgan fingerprint density at radius 2 is 1.67 bits per heavy atom. The molecule has 0 aliphatic carbocycles. The summed E-state index contributed by atoms with van der Waals surface area (Å²) < 4.78 is 32.4. The lowest BCUT2D eigenvalue weighted by atomic mass is 10.3. The van der Waals surface area contributed by atoms with Crippen LogP contribution in [-0.2, 0) is 14.8 Å². The molecule has 1 saturated heterocycles. The van der Waals surface area contributed by atoms with Gasteiger partial charge < -0.3 is 9.64 Å². The third kappa shape index (κ3) is 4.73. The number of para-hydroxylation sites is 1. The van der Waals surface area contributed by atoms with E-state index in [4.69, 9.17) is 27.9 Å². The molecule has 0 atom stereocenters. The average Bonchev–Trinajstić information content (AvgIpc) is 2.68. The fraction of sp³-hybridized carbons (Fsp3) is 0.278. The number of nitrogens with zero attached hydrogens (tertiary/aromatic N) is 2. The summed E-state index contributed by atoms with van der Waals surface area (Å²) in [6.45, 7) is 0.851. The van der Waals surface area contributed by atoms with E-state index < -0.39 is 10.0 Å². The van der Waals surface area contributed by atoms with Crippen LogP contribution >= 0.6 is 23.2 Å². The molecule has 2 aromatic rings. The van der Waals surface area contributed by atoms with Crippen LogP contribution in [0.1, 0.15) is 0 Å². The summed E-state index contributed by atoms with van der Waals surface area (Å²) in [6, 6.07) is 13.4. The number of hydrogen-bond acceptors (Lipinski definition) is 4. The second-order valence-electron chi connectivity index (χ2n) is 5.96. The number of sulfonamides is 1. The minimum absolute atomic E-state index is 0.0242. The van der Waals surface area contributed by atoms with Crippen molar-refractivity contribution in [1.29, 1.82) is 0 Å². The number of carbonyl (C=O) groups excluding carboxylic acids is 1. The Bertz CT molecular complexity index is 914. The van der Waals surface area contributed by atoms with Crippen LogP contribution in [-0.4, -0.2) is 56.3 Å². The Morgan fingerprint density at radius 1 is 1.00 bits per heavy atom. The van der Waals surface area contributed by atoms with Crippen molar-refractivity contribution in [2.75, 3.05) is 32.8 Å². The molecule has 1 aliphatic rings. The maximum absolute atomic E-state index is 12.8. The number of rotatable bonds is 5. The Labute approximate surface area is 168 Å². The molecule has 27 heavy (non-hydrogen) atoms. The summed E-state index contributed by atoms with van der Waals surface area (Å²) in [7, 11) is -3.77. The molecule has 2 aromatic carbocycles. The molecule has 0 radical (unpaired) electrons. The van der Waals surface area contributed by atoms with Gasteiger partial charge in [0.1, 0.15) is 10.6 Å². The largest absolute Gasteiger partial charge is 0.484 e. The first-order valence-electron chi connectivity index (χ1n) is 8.29. The quantitative estimate of drug-likeness (QED) is 0.733. The van der Waals surface area contributed by atoms with Crippen molar-refractivity contribution >= 4 is 39.1 Å². The average molecular weight is 429 g/mol. The molecular weight excluding hydrogens is 411 g/mol. The molecule has 6 nitrogen and oxygen atoms in total. The number of carbonyl (C=O) groups is 1. The zero-order chi connectivity index (χ0) is 19.4. The highest BCUT2D eigenvalue weighted by molar-refractivity contribution is 7.89. The molecule has 1 aliphatic heterocycles. The van der Waals surface area contributed by atoms with Gasteiger partial charge >= 0.3 is 0 Å². The fourth-order valence-corrected chi connectivity index (χ4v) is 4.90. The van der Waals surface area contributed by atoms with Crippen molar-refractivity contribution in [2.45, 2.75) is 4.90 Å². The topological polar surface area (TPSA) is 66.9 Å². The van der Waals surface area contributed by atoms with E-state index in [1.54, 1.807) is 17.0 Å². The molecule has 1 heterocycles. The van der Waals surface area contributed by atoms with Crippen molar-refractivity contribution in [3.05, 3.63) is 58.6 Å². The normalized spacial score (nSPS) is 15.6. The van der Waals surface area contributed by atoms with Crippen LogP contribution in [0.2, 0.25) is 10.0 Å². The number of ether oxygens (including phenoxy) is 1. The lowest BCUT2D eigenvalue weighted by molar-refractivity contribution is -0.134. The molecule has 0 N–H and O–H groups in total. The number of halogens is 2. The summed E-state index contributed by atoms with van der Waals surface area (Å²) in [6.07, 6.45) is 0. The monoisotopic (exact) mass is 428 g/mol. The van der Waals surface area contributed by atoms with Gasteiger partial charge in [-0.1, -0.05) is 41.4 Å². The summed E-state index contributed by atoms with van der Waals surface area (Å²) in [5.41, 5.74) is 0. The number of amides is 1. The maximum atomic E-state index is 12.8. The highest BCUT2D eigenvalue weighted by atomic mass is 35.5. The van der Waals surface area contributed by atoms with E-state index in [2.05, 4.69) is 0 Å². The summed E-state index contributed by atoms with van der Waals surface area (Å²) >= 11 is 11.9. The van der Waals surface area contributed by atoms with E-state index >= 15 is 0 Å². The molecule has 144 valence electrons. The molecule has 0 unspecified atom stereocenters. The van der Waals surface area contributed by atoms with Crippen LogP contribution < -0.4 is 4.74 Å². The Hall–Kier alpha value is -1.80. The molecule has 9 heteroatoms. The lowest BCUT2D eigenvalue weighted by Crippen LogP contribution is -2.51. The maximum Gasteiger partial charge on any atom is 0.260 e. The van der Waals surface area contributed by atoms with E-state index in [0.29, 0.717) is 10.8 Å². The zero-order valence-corrected chi connectivity index (χ0v) is 16.7. The van der Waals surface area contributed by atoms with Crippen molar-refractivity contribution in [3.63, 3.8) is 0 Å². The molecule has 0 saturated carbocycles. The summed E-state index contributed by atoms with van der Waals surface area (Å²) in [5, 5.41) is 0.416. The van der Waals surface area contributed by atoms with Gasteiger partial charge in [-0.2, -0.15) is 4.31 Å². The third-order valence-electron chi connectivity index (χ3n) is 4.21. The van der Waals surface area contributed by atoms with Gasteiger partial charge in [-0.15, -0.1) is 0 Å². The summed E-state index contributed by atoms with van der Waals surface area (Å²) in [5.74, 6) is 0.430. The number of hydrogen-bond donors (Lipinski definition) is 0. The predicted octanol–water partition coefficient (Wildman–Crippen LogP) is 2.91. The van der Waals surface area contributed by atoms with E-state index in [-0.39, 0.29) is 48.6 Å².